The molecule has 0 aliphatic heterocycles. The number of halogens is 1. The monoisotopic (exact) mass is 278 g/mol. The highest BCUT2D eigenvalue weighted by atomic mass is 19.1. The molecule has 5 heteroatoms. The molecule has 2 N–H and O–H groups in total. The molecule has 1 aromatic rings. The predicted octanol–water partition coefficient (Wildman–Crippen LogP) is 2.57. The lowest BCUT2D eigenvalue weighted by atomic mass is 10.1. The zero-order valence-electron chi connectivity index (χ0n) is 11.6. The van der Waals surface area contributed by atoms with Crippen LogP contribution in [-0.2, 0) is 4.74 Å². The van der Waals surface area contributed by atoms with Crippen molar-refractivity contribution in [3.05, 3.63) is 23.5 Å². The molecule has 0 atom stereocenters. The molecule has 0 saturated heterocycles. The average Bonchev–Trinajstić information content (AvgIpc) is 3.27. The number of methoxy groups -OCH3 is 1. The van der Waals surface area contributed by atoms with Crippen LogP contribution in [0.2, 0.25) is 0 Å². The van der Waals surface area contributed by atoms with Crippen LogP contribution in [-0.4, -0.2) is 25.7 Å². The summed E-state index contributed by atoms with van der Waals surface area (Å²) in [5.74, 6) is -0.220. The summed E-state index contributed by atoms with van der Waals surface area (Å²) in [5.41, 5.74) is 6.56. The minimum Gasteiger partial charge on any atom is -0.465 e. The zero-order chi connectivity index (χ0) is 14.3. The van der Waals surface area contributed by atoms with E-state index in [-0.39, 0.29) is 17.1 Å². The molecule has 0 heterocycles. The lowest BCUT2D eigenvalue weighted by molar-refractivity contribution is 0.0602. The summed E-state index contributed by atoms with van der Waals surface area (Å²) in [6.45, 7) is 0.867. The van der Waals surface area contributed by atoms with Crippen molar-refractivity contribution >= 4 is 17.3 Å². The third-order valence-corrected chi connectivity index (χ3v) is 3.97. The SMILES string of the molecule is COC(=O)c1cc(N(CC2CC2)C2CC2)c(F)cc1N. The van der Waals surface area contributed by atoms with Gasteiger partial charge in [-0.15, -0.1) is 0 Å². The van der Waals surface area contributed by atoms with E-state index in [0.717, 1.165) is 19.4 Å². The van der Waals surface area contributed by atoms with Crippen molar-refractivity contribution in [2.75, 3.05) is 24.3 Å². The van der Waals surface area contributed by atoms with Gasteiger partial charge in [-0.05, 0) is 43.7 Å². The summed E-state index contributed by atoms with van der Waals surface area (Å²) in [5, 5.41) is 0. The zero-order valence-corrected chi connectivity index (χ0v) is 11.6. The van der Waals surface area contributed by atoms with Gasteiger partial charge in [0.1, 0.15) is 5.82 Å². The number of carbonyl (C=O) groups is 1. The maximum Gasteiger partial charge on any atom is 0.340 e. The standard InChI is InChI=1S/C15H19FN2O2/c1-20-15(19)11-6-14(12(16)7-13(11)17)18(10-4-5-10)8-9-2-3-9/h6-7,9-10H,2-5,8,17H2,1H3. The Balaban J connectivity index is 1.95. The smallest absolute Gasteiger partial charge is 0.340 e. The van der Waals surface area contributed by atoms with Gasteiger partial charge in [0.05, 0.1) is 18.4 Å². The summed E-state index contributed by atoms with van der Waals surface area (Å²) in [4.78, 5) is 13.8. The summed E-state index contributed by atoms with van der Waals surface area (Å²) in [6.07, 6.45) is 4.60. The van der Waals surface area contributed by atoms with Crippen LogP contribution in [0.15, 0.2) is 12.1 Å². The highest BCUT2D eigenvalue weighted by Gasteiger charge is 2.35. The Bertz CT molecular complexity index is 539. The lowest BCUT2D eigenvalue weighted by Gasteiger charge is -2.26. The number of nitrogen functional groups attached to an aromatic ring is 1. The quantitative estimate of drug-likeness (QED) is 0.664. The van der Waals surface area contributed by atoms with Crippen molar-refractivity contribution in [2.45, 2.75) is 31.7 Å². The van der Waals surface area contributed by atoms with Crippen LogP contribution in [0, 0.1) is 11.7 Å². The number of hydrogen-bond donors (Lipinski definition) is 1. The number of anilines is 2. The molecular formula is C15H19FN2O2. The summed E-state index contributed by atoms with van der Waals surface area (Å²) in [6, 6.07) is 3.17. The van der Waals surface area contributed by atoms with Crippen molar-refractivity contribution < 1.29 is 13.9 Å². The summed E-state index contributed by atoms with van der Waals surface area (Å²) < 4.78 is 18.9. The Morgan fingerprint density at radius 3 is 2.65 bits per heavy atom. The van der Waals surface area contributed by atoms with Crippen LogP contribution in [0.5, 0.6) is 0 Å². The van der Waals surface area contributed by atoms with E-state index in [0.29, 0.717) is 17.6 Å². The second-order valence-corrected chi connectivity index (χ2v) is 5.71. The summed E-state index contributed by atoms with van der Waals surface area (Å²) in [7, 11) is 1.30. The fraction of sp³-hybridized carbons (Fsp3) is 0.533. The molecule has 0 bridgehead atoms. The molecule has 20 heavy (non-hydrogen) atoms. The fourth-order valence-corrected chi connectivity index (χ4v) is 2.49. The van der Waals surface area contributed by atoms with Gasteiger partial charge in [0.2, 0.25) is 0 Å². The molecule has 0 spiro atoms. The Kier molecular flexibility index (Phi) is 3.28. The summed E-state index contributed by atoms with van der Waals surface area (Å²) >= 11 is 0. The molecule has 3 rings (SSSR count). The van der Waals surface area contributed by atoms with Crippen molar-refractivity contribution in [3.8, 4) is 0 Å². The average molecular weight is 278 g/mol. The van der Waals surface area contributed by atoms with E-state index in [1.807, 2.05) is 0 Å². The van der Waals surface area contributed by atoms with Crippen LogP contribution < -0.4 is 10.6 Å². The van der Waals surface area contributed by atoms with Gasteiger partial charge in [-0.1, -0.05) is 0 Å². The van der Waals surface area contributed by atoms with Gasteiger partial charge in [0.25, 0.3) is 0 Å². The normalized spacial score (nSPS) is 17.9. The van der Waals surface area contributed by atoms with Crippen LogP contribution in [0.1, 0.15) is 36.0 Å². The Morgan fingerprint density at radius 2 is 2.10 bits per heavy atom. The van der Waals surface area contributed by atoms with E-state index in [1.54, 1.807) is 0 Å². The lowest BCUT2D eigenvalue weighted by Crippen LogP contribution is -2.29. The first-order valence-corrected chi connectivity index (χ1v) is 7.04. The van der Waals surface area contributed by atoms with E-state index < -0.39 is 5.97 Å². The van der Waals surface area contributed by atoms with E-state index in [2.05, 4.69) is 4.90 Å². The molecule has 2 aliphatic rings. The molecule has 0 amide bonds. The number of benzene rings is 1. The molecule has 2 saturated carbocycles. The van der Waals surface area contributed by atoms with Crippen LogP contribution >= 0.6 is 0 Å². The van der Waals surface area contributed by atoms with E-state index in [9.17, 15) is 9.18 Å². The van der Waals surface area contributed by atoms with Gasteiger partial charge in [0, 0.05) is 18.3 Å². The molecule has 0 unspecified atom stereocenters. The van der Waals surface area contributed by atoms with Crippen LogP contribution in [0.25, 0.3) is 0 Å². The van der Waals surface area contributed by atoms with Crippen molar-refractivity contribution in [1.82, 2.24) is 0 Å². The number of rotatable bonds is 5. The van der Waals surface area contributed by atoms with Gasteiger partial charge in [-0.2, -0.15) is 0 Å². The fourth-order valence-electron chi connectivity index (χ4n) is 2.49. The van der Waals surface area contributed by atoms with Gasteiger partial charge >= 0.3 is 5.97 Å². The molecule has 2 fully saturated rings. The minimum atomic E-state index is -0.522. The van der Waals surface area contributed by atoms with Gasteiger partial charge in [-0.25, -0.2) is 9.18 Å². The Morgan fingerprint density at radius 1 is 1.40 bits per heavy atom. The second kappa shape index (κ2) is 4.96. The van der Waals surface area contributed by atoms with Crippen molar-refractivity contribution in [1.29, 1.82) is 0 Å². The highest BCUT2D eigenvalue weighted by Crippen LogP contribution is 2.39. The number of hydrogen-bond acceptors (Lipinski definition) is 4. The Labute approximate surface area is 117 Å². The number of nitrogens with two attached hydrogens (primary N) is 1. The molecular weight excluding hydrogens is 259 g/mol. The first kappa shape index (κ1) is 13.2. The largest absolute Gasteiger partial charge is 0.465 e. The minimum absolute atomic E-state index is 0.125. The highest BCUT2D eigenvalue weighted by molar-refractivity contribution is 5.96. The van der Waals surface area contributed by atoms with Crippen LogP contribution in [0.4, 0.5) is 15.8 Å². The van der Waals surface area contributed by atoms with Gasteiger partial charge in [0.15, 0.2) is 0 Å². The van der Waals surface area contributed by atoms with Gasteiger partial charge < -0.3 is 15.4 Å². The van der Waals surface area contributed by atoms with Crippen molar-refractivity contribution in [2.24, 2.45) is 5.92 Å². The molecule has 2 aliphatic carbocycles. The van der Waals surface area contributed by atoms with Crippen LogP contribution in [0.3, 0.4) is 0 Å². The first-order valence-electron chi connectivity index (χ1n) is 7.04. The third-order valence-electron chi connectivity index (χ3n) is 3.97. The number of esters is 1. The molecule has 1 aromatic carbocycles. The molecule has 4 nitrogen and oxygen atoms in total. The van der Waals surface area contributed by atoms with E-state index >= 15 is 0 Å². The number of carbonyl (C=O) groups excluding carboxylic acids is 1. The van der Waals surface area contributed by atoms with E-state index in [1.165, 1.54) is 32.1 Å². The maximum atomic E-state index is 14.2. The number of ether oxygens (including phenoxy) is 1. The van der Waals surface area contributed by atoms with Crippen molar-refractivity contribution in [3.63, 3.8) is 0 Å². The van der Waals surface area contributed by atoms with Gasteiger partial charge in [-0.3, -0.25) is 0 Å². The Hall–Kier alpha value is -1.78. The maximum absolute atomic E-state index is 14.2. The first-order chi connectivity index (χ1) is 9.60. The molecule has 0 radical (unpaired) electrons. The third kappa shape index (κ3) is 2.57. The second-order valence-electron chi connectivity index (χ2n) is 5.71. The topological polar surface area (TPSA) is 55.6 Å². The van der Waals surface area contributed by atoms with E-state index in [4.69, 9.17) is 10.5 Å². The molecule has 108 valence electrons. The molecule has 0 aromatic heterocycles. The number of nitrogens with zero attached hydrogens (tertiary/aromatic N) is 1. The predicted molar refractivity (Wildman–Crippen MR) is 75.2 cm³/mol.